The van der Waals surface area contributed by atoms with E-state index in [1.165, 1.54) is 103 Å². The fraction of sp³-hybridized carbons (Fsp3) is 0.556. The van der Waals surface area contributed by atoms with Crippen molar-refractivity contribution >= 4 is 32.3 Å². The highest BCUT2D eigenvalue weighted by Crippen LogP contribution is 2.50. The summed E-state index contributed by atoms with van der Waals surface area (Å²) in [6.45, 7) is 0. The Bertz CT molecular complexity index is 1290. The van der Waals surface area contributed by atoms with Crippen molar-refractivity contribution in [3.8, 4) is 0 Å². The van der Waals surface area contributed by atoms with E-state index in [1.54, 1.807) is 54.6 Å². The van der Waals surface area contributed by atoms with E-state index in [1.807, 2.05) is 0 Å². The summed E-state index contributed by atoms with van der Waals surface area (Å²) >= 11 is 0. The highest BCUT2D eigenvalue weighted by Gasteiger charge is 2.28. The number of hydrogen-bond acceptors (Lipinski definition) is 0. The topological polar surface area (TPSA) is 0 Å². The van der Waals surface area contributed by atoms with Gasteiger partial charge in [-0.2, -0.15) is 0 Å². The Morgan fingerprint density at radius 3 is 1.06 bits per heavy atom. The summed E-state index contributed by atoms with van der Waals surface area (Å²) in [5.74, 6) is 3.10. The lowest BCUT2D eigenvalue weighted by molar-refractivity contribution is 0.719. The van der Waals surface area contributed by atoms with E-state index in [0.29, 0.717) is 0 Å². The van der Waals surface area contributed by atoms with Crippen molar-refractivity contribution in [1.82, 2.24) is 0 Å². The quantitative estimate of drug-likeness (QED) is 0.258. The van der Waals surface area contributed by atoms with Crippen LogP contribution in [0.3, 0.4) is 0 Å². The minimum absolute atomic E-state index is 0.764. The lowest BCUT2D eigenvalue weighted by Crippen LogP contribution is -2.03. The second-order valence-corrected chi connectivity index (χ2v) is 13.2. The zero-order chi connectivity index (χ0) is 23.6. The van der Waals surface area contributed by atoms with E-state index >= 15 is 0 Å². The van der Waals surface area contributed by atoms with Gasteiger partial charge in [-0.15, -0.1) is 0 Å². The molecule has 0 nitrogen and oxygen atoms in total. The number of benzene rings is 4. The van der Waals surface area contributed by atoms with Gasteiger partial charge >= 0.3 is 0 Å². The van der Waals surface area contributed by atoms with Crippen LogP contribution in [0.4, 0.5) is 0 Å². The Kier molecular flexibility index (Phi) is 5.33. The zero-order valence-electron chi connectivity index (χ0n) is 22.1. The van der Waals surface area contributed by atoms with Crippen molar-refractivity contribution < 1.29 is 0 Å². The molecule has 186 valence electrons. The van der Waals surface area contributed by atoms with Crippen molar-refractivity contribution in [2.75, 3.05) is 0 Å². The van der Waals surface area contributed by atoms with Gasteiger partial charge in [0.25, 0.3) is 0 Å². The third-order valence-corrected chi connectivity index (χ3v) is 11.1. The van der Waals surface area contributed by atoms with E-state index in [0.717, 1.165) is 23.7 Å². The highest BCUT2D eigenvalue weighted by molar-refractivity contribution is 6.25. The van der Waals surface area contributed by atoms with E-state index in [9.17, 15) is 0 Å². The van der Waals surface area contributed by atoms with Gasteiger partial charge in [-0.25, -0.2) is 0 Å². The minimum atomic E-state index is 0.764. The lowest BCUT2D eigenvalue weighted by atomic mass is 9.79. The largest absolute Gasteiger partial charge is 0.0527 e. The molecule has 0 aliphatic heterocycles. The highest BCUT2D eigenvalue weighted by atomic mass is 14.3. The predicted octanol–water partition coefficient (Wildman–Crippen LogP) is 11.2. The molecule has 0 heterocycles. The minimum Gasteiger partial charge on any atom is -0.0527 e. The van der Waals surface area contributed by atoms with Crippen LogP contribution in [0.25, 0.3) is 32.3 Å². The van der Waals surface area contributed by atoms with Crippen LogP contribution < -0.4 is 0 Å². The van der Waals surface area contributed by atoms with Gasteiger partial charge in [0, 0.05) is 0 Å². The molecular weight excluding hydrogens is 432 g/mol. The van der Waals surface area contributed by atoms with E-state index in [2.05, 4.69) is 36.4 Å². The van der Waals surface area contributed by atoms with E-state index < -0.39 is 0 Å². The monoisotopic (exact) mass is 474 g/mol. The van der Waals surface area contributed by atoms with Gasteiger partial charge in [0.1, 0.15) is 0 Å². The zero-order valence-corrected chi connectivity index (χ0v) is 22.1. The summed E-state index contributed by atoms with van der Waals surface area (Å²) in [7, 11) is 0. The molecule has 0 bridgehead atoms. The molecular formula is C36H42. The first-order chi connectivity index (χ1) is 17.8. The molecule has 36 heavy (non-hydrogen) atoms. The third-order valence-electron chi connectivity index (χ3n) is 11.1. The first kappa shape index (κ1) is 22.0. The second-order valence-electron chi connectivity index (χ2n) is 13.2. The first-order valence-corrected chi connectivity index (χ1v) is 15.6. The standard InChI is InChI=1S/C36H42/c1-2-10-23(9-1)27-17-29-21-32(26-15-7-8-16-26)34-20-28(24-11-3-4-12-24)18-30-22-31(25-13-5-6-14-25)33(19-27)35(29)36(30)34/h17-26H,1-16H2. The van der Waals surface area contributed by atoms with Crippen molar-refractivity contribution in [3.63, 3.8) is 0 Å². The van der Waals surface area contributed by atoms with Gasteiger partial charge in [0.2, 0.25) is 0 Å². The van der Waals surface area contributed by atoms with Gasteiger partial charge in [-0.05, 0) is 130 Å². The second kappa shape index (κ2) is 8.75. The van der Waals surface area contributed by atoms with Crippen LogP contribution in [0.5, 0.6) is 0 Å². The Labute approximate surface area is 217 Å². The molecule has 0 amide bonds. The molecule has 4 aliphatic carbocycles. The van der Waals surface area contributed by atoms with Gasteiger partial charge in [0.05, 0.1) is 0 Å². The summed E-state index contributed by atoms with van der Waals surface area (Å²) in [6, 6.07) is 16.1. The molecule has 0 heteroatoms. The third kappa shape index (κ3) is 3.46. The smallest absolute Gasteiger partial charge is 0.00235 e. The van der Waals surface area contributed by atoms with Crippen LogP contribution in [-0.4, -0.2) is 0 Å². The van der Waals surface area contributed by atoms with Crippen molar-refractivity contribution in [2.24, 2.45) is 0 Å². The van der Waals surface area contributed by atoms with Gasteiger partial charge in [-0.3, -0.25) is 0 Å². The number of hydrogen-bond donors (Lipinski definition) is 0. The molecule has 8 rings (SSSR count). The van der Waals surface area contributed by atoms with Crippen LogP contribution in [0.1, 0.15) is 149 Å². The maximum absolute atomic E-state index is 2.70. The summed E-state index contributed by atoms with van der Waals surface area (Å²) in [4.78, 5) is 0. The summed E-state index contributed by atoms with van der Waals surface area (Å²) in [6.07, 6.45) is 22.5. The van der Waals surface area contributed by atoms with E-state index in [4.69, 9.17) is 0 Å². The van der Waals surface area contributed by atoms with Crippen LogP contribution in [0, 0.1) is 0 Å². The van der Waals surface area contributed by atoms with Crippen LogP contribution in [0.2, 0.25) is 0 Å². The molecule has 0 unspecified atom stereocenters. The first-order valence-electron chi connectivity index (χ1n) is 15.6. The average Bonchev–Trinajstić information content (AvgIpc) is 3.72. The lowest BCUT2D eigenvalue weighted by Gasteiger charge is -2.25. The summed E-state index contributed by atoms with van der Waals surface area (Å²) in [5.41, 5.74) is 6.70. The number of rotatable bonds is 4. The Hall–Kier alpha value is -2.08. The van der Waals surface area contributed by atoms with Gasteiger partial charge < -0.3 is 0 Å². The Morgan fingerprint density at radius 1 is 0.361 bits per heavy atom. The molecule has 4 aromatic carbocycles. The molecule has 0 saturated heterocycles. The Morgan fingerprint density at radius 2 is 0.694 bits per heavy atom. The fourth-order valence-corrected chi connectivity index (χ4v) is 9.25. The van der Waals surface area contributed by atoms with Crippen LogP contribution >= 0.6 is 0 Å². The van der Waals surface area contributed by atoms with Crippen LogP contribution in [-0.2, 0) is 0 Å². The molecule has 4 aliphatic rings. The maximum atomic E-state index is 2.70. The average molecular weight is 475 g/mol. The molecule has 0 atom stereocenters. The Balaban J connectivity index is 1.46. The summed E-state index contributed by atoms with van der Waals surface area (Å²) in [5, 5.41) is 9.64. The molecule has 4 saturated carbocycles. The van der Waals surface area contributed by atoms with Crippen molar-refractivity contribution in [2.45, 2.75) is 126 Å². The molecule has 0 radical (unpaired) electrons. The van der Waals surface area contributed by atoms with Crippen LogP contribution in [0.15, 0.2) is 36.4 Å². The van der Waals surface area contributed by atoms with Crippen molar-refractivity contribution in [1.29, 1.82) is 0 Å². The molecule has 0 N–H and O–H groups in total. The van der Waals surface area contributed by atoms with Gasteiger partial charge in [0.15, 0.2) is 0 Å². The molecule has 0 spiro atoms. The molecule has 4 aromatic rings. The normalized spacial score (nSPS) is 23.0. The predicted molar refractivity (Wildman–Crippen MR) is 155 cm³/mol. The summed E-state index contributed by atoms with van der Waals surface area (Å²) < 4.78 is 0. The fourth-order valence-electron chi connectivity index (χ4n) is 9.25. The molecule has 0 aromatic heterocycles. The maximum Gasteiger partial charge on any atom is -0.00235 e. The van der Waals surface area contributed by atoms with Crippen molar-refractivity contribution in [3.05, 3.63) is 58.7 Å². The molecule has 4 fully saturated rings. The van der Waals surface area contributed by atoms with E-state index in [-0.39, 0.29) is 0 Å². The van der Waals surface area contributed by atoms with Gasteiger partial charge in [-0.1, -0.05) is 87.8 Å². The SMILES string of the molecule is c1c(C2CCCC2)cc2c(C3CCCC3)cc3cc(C4CCCC4)cc4c(C5CCCC5)cc1c2c34.